The van der Waals surface area contributed by atoms with Crippen LogP contribution >= 0.6 is 0 Å². The first-order chi connectivity index (χ1) is 9.58. The zero-order valence-corrected chi connectivity index (χ0v) is 11.4. The molecule has 2 aromatic rings. The molecular formula is C16H16FNO2. The van der Waals surface area contributed by atoms with Gasteiger partial charge in [0.2, 0.25) is 0 Å². The molecule has 104 valence electrons. The highest BCUT2D eigenvalue weighted by Gasteiger charge is 2.17. The Hall–Kier alpha value is -2.36. The minimum Gasteiger partial charge on any atom is -0.478 e. The first-order valence-electron chi connectivity index (χ1n) is 6.35. The van der Waals surface area contributed by atoms with Gasteiger partial charge in [0, 0.05) is 5.69 Å². The highest BCUT2D eigenvalue weighted by atomic mass is 19.1. The molecule has 0 aromatic heterocycles. The van der Waals surface area contributed by atoms with Gasteiger partial charge in [-0.3, -0.25) is 4.79 Å². The number of aryl methyl sites for hydroxylation is 1. The molecule has 20 heavy (non-hydrogen) atoms. The first kappa shape index (κ1) is 14.1. The third kappa shape index (κ3) is 3.35. The summed E-state index contributed by atoms with van der Waals surface area (Å²) in [5, 5.41) is 2.76. The van der Waals surface area contributed by atoms with E-state index in [1.54, 1.807) is 19.1 Å². The predicted octanol–water partition coefficient (Wildman–Crippen LogP) is 3.54. The second-order valence-electron chi connectivity index (χ2n) is 4.49. The van der Waals surface area contributed by atoms with Crippen molar-refractivity contribution in [3.8, 4) is 5.75 Å². The smallest absolute Gasteiger partial charge is 0.265 e. The van der Waals surface area contributed by atoms with Crippen LogP contribution in [0.1, 0.15) is 12.5 Å². The van der Waals surface area contributed by atoms with Gasteiger partial charge >= 0.3 is 0 Å². The molecule has 0 saturated heterocycles. The zero-order chi connectivity index (χ0) is 14.5. The quantitative estimate of drug-likeness (QED) is 0.925. The predicted molar refractivity (Wildman–Crippen MR) is 76.3 cm³/mol. The lowest BCUT2D eigenvalue weighted by Gasteiger charge is -2.16. The average molecular weight is 273 g/mol. The molecule has 1 atom stereocenters. The van der Waals surface area contributed by atoms with Crippen molar-refractivity contribution < 1.29 is 13.9 Å². The fourth-order valence-electron chi connectivity index (χ4n) is 1.73. The number of hydrogen-bond acceptors (Lipinski definition) is 2. The molecule has 0 saturated carbocycles. The minimum absolute atomic E-state index is 0.0694. The number of carbonyl (C=O) groups excluding carboxylic acids is 1. The van der Waals surface area contributed by atoms with Crippen LogP contribution in [0.5, 0.6) is 5.75 Å². The number of amides is 1. The summed E-state index contributed by atoms with van der Waals surface area (Å²) in [6.07, 6.45) is -0.786. The summed E-state index contributed by atoms with van der Waals surface area (Å²) in [7, 11) is 0. The summed E-state index contributed by atoms with van der Waals surface area (Å²) in [6.45, 7) is 3.48. The van der Waals surface area contributed by atoms with Gasteiger partial charge in [-0.25, -0.2) is 4.39 Å². The van der Waals surface area contributed by atoms with E-state index in [0.717, 1.165) is 11.3 Å². The first-order valence-corrected chi connectivity index (χ1v) is 6.35. The number of carbonyl (C=O) groups is 1. The average Bonchev–Trinajstić information content (AvgIpc) is 2.43. The molecule has 0 aliphatic rings. The fraction of sp³-hybridized carbons (Fsp3) is 0.188. The van der Waals surface area contributed by atoms with Crippen molar-refractivity contribution in [3.63, 3.8) is 0 Å². The van der Waals surface area contributed by atoms with Crippen LogP contribution in [-0.4, -0.2) is 12.0 Å². The third-order valence-electron chi connectivity index (χ3n) is 2.91. The van der Waals surface area contributed by atoms with Crippen LogP contribution in [0, 0.1) is 12.7 Å². The Bertz CT molecular complexity index is 613. The maximum Gasteiger partial charge on any atom is 0.265 e. The largest absolute Gasteiger partial charge is 0.478 e. The number of hydrogen-bond donors (Lipinski definition) is 1. The molecule has 2 rings (SSSR count). The van der Waals surface area contributed by atoms with Crippen LogP contribution in [-0.2, 0) is 4.79 Å². The Morgan fingerprint density at radius 2 is 1.80 bits per heavy atom. The van der Waals surface area contributed by atoms with E-state index < -0.39 is 11.9 Å². The van der Waals surface area contributed by atoms with Crippen LogP contribution in [0.4, 0.5) is 10.1 Å². The number of para-hydroxylation sites is 2. The van der Waals surface area contributed by atoms with Gasteiger partial charge < -0.3 is 10.1 Å². The number of halogens is 1. The van der Waals surface area contributed by atoms with Gasteiger partial charge in [0.25, 0.3) is 5.91 Å². The molecule has 0 fully saturated rings. The maximum absolute atomic E-state index is 13.4. The second kappa shape index (κ2) is 6.19. The topological polar surface area (TPSA) is 38.3 Å². The van der Waals surface area contributed by atoms with Gasteiger partial charge in [-0.15, -0.1) is 0 Å². The standard InChI is InChI=1S/C16H16FNO2/c1-11-7-3-5-9-14(11)18-16(19)12(2)20-15-10-6-4-8-13(15)17/h3-10,12H,1-2H3,(H,18,19). The lowest BCUT2D eigenvalue weighted by atomic mass is 10.2. The number of nitrogens with one attached hydrogen (secondary N) is 1. The zero-order valence-electron chi connectivity index (χ0n) is 11.4. The molecule has 0 spiro atoms. The Labute approximate surface area is 117 Å². The summed E-state index contributed by atoms with van der Waals surface area (Å²) in [5.41, 5.74) is 1.68. The van der Waals surface area contributed by atoms with E-state index in [-0.39, 0.29) is 11.7 Å². The van der Waals surface area contributed by atoms with Crippen molar-refractivity contribution in [1.29, 1.82) is 0 Å². The van der Waals surface area contributed by atoms with Gasteiger partial charge in [0.15, 0.2) is 17.7 Å². The van der Waals surface area contributed by atoms with Crippen molar-refractivity contribution in [1.82, 2.24) is 0 Å². The summed E-state index contributed by atoms with van der Waals surface area (Å²) in [5.74, 6) is -0.731. The normalized spacial score (nSPS) is 11.8. The molecule has 0 bridgehead atoms. The van der Waals surface area contributed by atoms with E-state index in [4.69, 9.17) is 4.74 Å². The van der Waals surface area contributed by atoms with Gasteiger partial charge in [-0.1, -0.05) is 30.3 Å². The summed E-state index contributed by atoms with van der Waals surface area (Å²) >= 11 is 0. The molecule has 1 N–H and O–H groups in total. The molecule has 0 aliphatic heterocycles. The lowest BCUT2D eigenvalue weighted by Crippen LogP contribution is -2.30. The van der Waals surface area contributed by atoms with Crippen LogP contribution in [0.25, 0.3) is 0 Å². The number of rotatable bonds is 4. The Morgan fingerprint density at radius 3 is 2.50 bits per heavy atom. The van der Waals surface area contributed by atoms with E-state index in [1.165, 1.54) is 12.1 Å². The summed E-state index contributed by atoms with van der Waals surface area (Å²) in [6, 6.07) is 13.5. The van der Waals surface area contributed by atoms with E-state index >= 15 is 0 Å². The van der Waals surface area contributed by atoms with Crippen molar-refractivity contribution in [2.45, 2.75) is 20.0 Å². The fourth-order valence-corrected chi connectivity index (χ4v) is 1.73. The Morgan fingerprint density at radius 1 is 1.15 bits per heavy atom. The number of anilines is 1. The van der Waals surface area contributed by atoms with E-state index in [0.29, 0.717) is 0 Å². The second-order valence-corrected chi connectivity index (χ2v) is 4.49. The van der Waals surface area contributed by atoms with Gasteiger partial charge in [-0.05, 0) is 37.6 Å². The van der Waals surface area contributed by atoms with E-state index in [9.17, 15) is 9.18 Å². The minimum atomic E-state index is -0.786. The van der Waals surface area contributed by atoms with Gasteiger partial charge in [0.05, 0.1) is 0 Å². The number of ether oxygens (including phenoxy) is 1. The third-order valence-corrected chi connectivity index (χ3v) is 2.91. The Kier molecular flexibility index (Phi) is 4.35. The monoisotopic (exact) mass is 273 g/mol. The molecule has 1 amide bonds. The van der Waals surface area contributed by atoms with Gasteiger partial charge in [-0.2, -0.15) is 0 Å². The van der Waals surface area contributed by atoms with E-state index in [1.807, 2.05) is 31.2 Å². The van der Waals surface area contributed by atoms with Crippen molar-refractivity contribution in [2.24, 2.45) is 0 Å². The molecule has 4 heteroatoms. The molecule has 0 aliphatic carbocycles. The van der Waals surface area contributed by atoms with Crippen molar-refractivity contribution >= 4 is 11.6 Å². The summed E-state index contributed by atoms with van der Waals surface area (Å²) in [4.78, 5) is 12.0. The van der Waals surface area contributed by atoms with Crippen LogP contribution in [0.2, 0.25) is 0 Å². The molecule has 3 nitrogen and oxygen atoms in total. The molecule has 0 radical (unpaired) electrons. The van der Waals surface area contributed by atoms with Crippen LogP contribution < -0.4 is 10.1 Å². The Balaban J connectivity index is 2.03. The SMILES string of the molecule is Cc1ccccc1NC(=O)C(C)Oc1ccccc1F. The molecule has 0 heterocycles. The van der Waals surface area contributed by atoms with Crippen LogP contribution in [0.3, 0.4) is 0 Å². The molecule has 1 unspecified atom stereocenters. The van der Waals surface area contributed by atoms with E-state index in [2.05, 4.69) is 5.32 Å². The van der Waals surface area contributed by atoms with Crippen LogP contribution in [0.15, 0.2) is 48.5 Å². The van der Waals surface area contributed by atoms with Crippen molar-refractivity contribution in [3.05, 3.63) is 59.9 Å². The highest BCUT2D eigenvalue weighted by Crippen LogP contribution is 2.18. The molecular weight excluding hydrogens is 257 g/mol. The van der Waals surface area contributed by atoms with Gasteiger partial charge in [0.1, 0.15) is 0 Å². The molecule has 2 aromatic carbocycles. The lowest BCUT2D eigenvalue weighted by molar-refractivity contribution is -0.122. The number of benzene rings is 2. The van der Waals surface area contributed by atoms with Crippen molar-refractivity contribution in [2.75, 3.05) is 5.32 Å². The summed E-state index contributed by atoms with van der Waals surface area (Å²) < 4.78 is 18.8. The maximum atomic E-state index is 13.4. The highest BCUT2D eigenvalue weighted by molar-refractivity contribution is 5.94.